The van der Waals surface area contributed by atoms with Crippen molar-refractivity contribution in [2.75, 3.05) is 27.2 Å². The van der Waals surface area contributed by atoms with Gasteiger partial charge >= 0.3 is 0 Å². The number of carbonyl (C=O) groups is 1. The molecule has 2 unspecified atom stereocenters. The zero-order chi connectivity index (χ0) is 18.3. The maximum atomic E-state index is 13.8. The molecular weight excluding hydrogens is 328 g/mol. The van der Waals surface area contributed by atoms with Crippen LogP contribution in [-0.4, -0.2) is 53.9 Å². The van der Waals surface area contributed by atoms with Crippen molar-refractivity contribution in [1.29, 1.82) is 0 Å². The average Bonchev–Trinajstić information content (AvgIpc) is 2.57. The van der Waals surface area contributed by atoms with Gasteiger partial charge in [-0.2, -0.15) is 0 Å². The number of benzene rings is 1. The maximum absolute atomic E-state index is 13.8. The summed E-state index contributed by atoms with van der Waals surface area (Å²) in [4.78, 5) is 31.8. The Bertz CT molecular complexity index is 880. The Kier molecular flexibility index (Phi) is 4.60. The van der Waals surface area contributed by atoms with Gasteiger partial charge in [-0.3, -0.25) is 9.59 Å². The molecule has 2 atom stereocenters. The van der Waals surface area contributed by atoms with E-state index < -0.39 is 23.0 Å². The van der Waals surface area contributed by atoms with Crippen molar-refractivity contribution in [2.24, 2.45) is 5.92 Å². The normalized spacial score (nSPS) is 21.5. The van der Waals surface area contributed by atoms with E-state index in [2.05, 4.69) is 16.8 Å². The molecule has 134 valence electrons. The predicted molar refractivity (Wildman–Crippen MR) is 91.6 cm³/mol. The minimum absolute atomic E-state index is 0.0313. The van der Waals surface area contributed by atoms with E-state index in [0.29, 0.717) is 0 Å². The highest BCUT2D eigenvalue weighted by molar-refractivity contribution is 5.97. The molecule has 3 rings (SSSR count). The van der Waals surface area contributed by atoms with Gasteiger partial charge in [0.05, 0.1) is 5.52 Å². The fraction of sp³-hybridized carbons (Fsp3) is 0.444. The minimum Gasteiger partial charge on any atom is -0.358 e. The second kappa shape index (κ2) is 6.55. The summed E-state index contributed by atoms with van der Waals surface area (Å²) < 4.78 is 27.1. The lowest BCUT2D eigenvalue weighted by Gasteiger charge is -2.39. The summed E-state index contributed by atoms with van der Waals surface area (Å²) in [6.07, 6.45) is 2.00. The van der Waals surface area contributed by atoms with Crippen LogP contribution in [-0.2, 0) is 0 Å². The third-order valence-corrected chi connectivity index (χ3v) is 5.06. The number of aromatic amines is 1. The molecule has 1 aromatic heterocycles. The van der Waals surface area contributed by atoms with Gasteiger partial charge in [-0.05, 0) is 38.1 Å². The first-order valence-electron chi connectivity index (χ1n) is 8.26. The van der Waals surface area contributed by atoms with Crippen molar-refractivity contribution in [3.8, 4) is 0 Å². The molecule has 1 aromatic carbocycles. The molecule has 25 heavy (non-hydrogen) atoms. The van der Waals surface area contributed by atoms with Crippen molar-refractivity contribution in [2.45, 2.75) is 19.4 Å². The lowest BCUT2D eigenvalue weighted by atomic mass is 9.92. The first-order chi connectivity index (χ1) is 11.8. The number of fused-ring (bicyclic) bond motifs is 1. The molecule has 7 heteroatoms. The molecule has 1 aliphatic rings. The van der Waals surface area contributed by atoms with Crippen LogP contribution in [0.2, 0.25) is 0 Å². The Balaban J connectivity index is 1.96. The number of amides is 1. The lowest BCUT2D eigenvalue weighted by molar-refractivity contribution is 0.0548. The van der Waals surface area contributed by atoms with E-state index >= 15 is 0 Å². The lowest BCUT2D eigenvalue weighted by Crippen LogP contribution is -2.50. The van der Waals surface area contributed by atoms with Gasteiger partial charge in [0.25, 0.3) is 5.91 Å². The van der Waals surface area contributed by atoms with Gasteiger partial charge in [0, 0.05) is 31.2 Å². The van der Waals surface area contributed by atoms with Crippen molar-refractivity contribution >= 4 is 16.8 Å². The predicted octanol–water partition coefficient (Wildman–Crippen LogP) is 2.22. The second-order valence-electron chi connectivity index (χ2n) is 6.83. The number of hydrogen-bond donors (Lipinski definition) is 1. The Morgan fingerprint density at radius 1 is 1.36 bits per heavy atom. The average molecular weight is 349 g/mol. The topological polar surface area (TPSA) is 56.4 Å². The maximum Gasteiger partial charge on any atom is 0.259 e. The minimum atomic E-state index is -1.12. The van der Waals surface area contributed by atoms with Crippen molar-refractivity contribution in [3.05, 3.63) is 45.8 Å². The van der Waals surface area contributed by atoms with Gasteiger partial charge in [-0.1, -0.05) is 6.92 Å². The van der Waals surface area contributed by atoms with Crippen LogP contribution < -0.4 is 5.43 Å². The van der Waals surface area contributed by atoms with Crippen molar-refractivity contribution in [3.63, 3.8) is 0 Å². The van der Waals surface area contributed by atoms with Crippen LogP contribution in [0.4, 0.5) is 8.78 Å². The zero-order valence-corrected chi connectivity index (χ0v) is 14.5. The third-order valence-electron chi connectivity index (χ3n) is 5.06. The number of rotatable bonds is 2. The Hall–Kier alpha value is -2.28. The fourth-order valence-electron chi connectivity index (χ4n) is 3.65. The molecule has 2 heterocycles. The smallest absolute Gasteiger partial charge is 0.259 e. The van der Waals surface area contributed by atoms with E-state index in [9.17, 15) is 18.4 Å². The quantitative estimate of drug-likeness (QED) is 0.905. The van der Waals surface area contributed by atoms with Crippen LogP contribution >= 0.6 is 0 Å². The molecule has 2 aromatic rings. The number of nitrogens with one attached hydrogen (secondary N) is 1. The summed E-state index contributed by atoms with van der Waals surface area (Å²) in [5.41, 5.74) is -0.880. The molecule has 1 amide bonds. The Morgan fingerprint density at radius 3 is 2.76 bits per heavy atom. The summed E-state index contributed by atoms with van der Waals surface area (Å²) in [6, 6.07) is 2.12. The highest BCUT2D eigenvalue weighted by Gasteiger charge is 2.31. The second-order valence-corrected chi connectivity index (χ2v) is 6.83. The molecular formula is C18H21F2N3O2. The summed E-state index contributed by atoms with van der Waals surface area (Å²) in [6.45, 7) is 3.83. The van der Waals surface area contributed by atoms with Gasteiger partial charge in [0.15, 0.2) is 11.6 Å². The first-order valence-corrected chi connectivity index (χ1v) is 8.26. The molecule has 1 fully saturated rings. The number of likely N-dealkylation sites (tertiary alicyclic amines) is 1. The molecule has 1 N–H and O–H groups in total. The molecule has 1 aliphatic heterocycles. The largest absolute Gasteiger partial charge is 0.358 e. The van der Waals surface area contributed by atoms with Crippen LogP contribution in [0.5, 0.6) is 0 Å². The van der Waals surface area contributed by atoms with E-state index in [1.54, 1.807) is 11.9 Å². The number of piperidine rings is 1. The van der Waals surface area contributed by atoms with Gasteiger partial charge in [0.1, 0.15) is 5.56 Å². The van der Waals surface area contributed by atoms with Crippen LogP contribution in [0.25, 0.3) is 10.9 Å². The number of H-pyrrole nitrogens is 1. The van der Waals surface area contributed by atoms with E-state index in [0.717, 1.165) is 25.6 Å². The SMILES string of the molecule is CC1CN(C)CCC1N(C)C(=O)c1c[nH]c2c(F)c(F)ccc2c1=O. The highest BCUT2D eigenvalue weighted by atomic mass is 19.2. The molecule has 0 spiro atoms. The molecule has 0 aliphatic carbocycles. The molecule has 5 nitrogen and oxygen atoms in total. The van der Waals surface area contributed by atoms with Crippen LogP contribution in [0.15, 0.2) is 23.1 Å². The van der Waals surface area contributed by atoms with Gasteiger partial charge in [-0.25, -0.2) is 8.78 Å². The Morgan fingerprint density at radius 2 is 2.08 bits per heavy atom. The Labute approximate surface area is 144 Å². The monoisotopic (exact) mass is 349 g/mol. The van der Waals surface area contributed by atoms with Crippen LogP contribution in [0, 0.1) is 17.6 Å². The van der Waals surface area contributed by atoms with Gasteiger partial charge in [-0.15, -0.1) is 0 Å². The summed E-state index contributed by atoms with van der Waals surface area (Å²) in [5, 5.41) is -0.0328. The third kappa shape index (κ3) is 3.04. The summed E-state index contributed by atoms with van der Waals surface area (Å²) >= 11 is 0. The number of hydrogen-bond acceptors (Lipinski definition) is 3. The fourth-order valence-corrected chi connectivity index (χ4v) is 3.65. The number of halogens is 2. The zero-order valence-electron chi connectivity index (χ0n) is 14.5. The molecule has 0 radical (unpaired) electrons. The highest BCUT2D eigenvalue weighted by Crippen LogP contribution is 2.22. The molecule has 0 bridgehead atoms. The van der Waals surface area contributed by atoms with Crippen LogP contribution in [0.3, 0.4) is 0 Å². The summed E-state index contributed by atoms with van der Waals surface area (Å²) in [5.74, 6) is -2.29. The van der Waals surface area contributed by atoms with E-state index in [-0.39, 0.29) is 28.4 Å². The van der Waals surface area contributed by atoms with E-state index in [4.69, 9.17) is 0 Å². The number of aromatic nitrogens is 1. The van der Waals surface area contributed by atoms with E-state index in [1.807, 2.05) is 7.05 Å². The van der Waals surface area contributed by atoms with Crippen molar-refractivity contribution < 1.29 is 13.6 Å². The molecule has 0 saturated carbocycles. The van der Waals surface area contributed by atoms with Crippen LogP contribution in [0.1, 0.15) is 23.7 Å². The number of pyridine rings is 1. The van der Waals surface area contributed by atoms with Crippen molar-refractivity contribution in [1.82, 2.24) is 14.8 Å². The first kappa shape index (κ1) is 17.5. The number of nitrogens with zero attached hydrogens (tertiary/aromatic N) is 2. The van der Waals surface area contributed by atoms with E-state index in [1.165, 1.54) is 12.3 Å². The van der Waals surface area contributed by atoms with Gasteiger partial charge < -0.3 is 14.8 Å². The number of carbonyl (C=O) groups excluding carboxylic acids is 1. The van der Waals surface area contributed by atoms with Gasteiger partial charge in [0.2, 0.25) is 5.43 Å². The molecule has 1 saturated heterocycles. The standard InChI is InChI=1S/C18H21F2N3O2/c1-10-9-22(2)7-6-14(10)23(3)18(25)12-8-21-16-11(17(12)24)4-5-13(19)15(16)20/h4-5,8,10,14H,6-7,9H2,1-3H3,(H,21,24). The summed E-state index contributed by atoms with van der Waals surface area (Å²) in [7, 11) is 3.72.